The standard InChI is InChI=1S/C15H15BrFNO2/c1-2-19-14-8-15(13(18)7-12(14)17)20-9-10-3-5-11(16)6-4-10/h3-8H,2,9,18H2,1H3. The fourth-order valence-corrected chi connectivity index (χ4v) is 1.95. The number of ether oxygens (including phenoxy) is 2. The van der Waals surface area contributed by atoms with E-state index in [1.807, 2.05) is 24.3 Å². The van der Waals surface area contributed by atoms with Crippen molar-refractivity contribution in [3.05, 3.63) is 52.3 Å². The zero-order valence-electron chi connectivity index (χ0n) is 11.0. The number of rotatable bonds is 5. The highest BCUT2D eigenvalue weighted by atomic mass is 79.9. The van der Waals surface area contributed by atoms with Crippen LogP contribution in [0.25, 0.3) is 0 Å². The van der Waals surface area contributed by atoms with Crippen LogP contribution >= 0.6 is 15.9 Å². The predicted octanol–water partition coefficient (Wildman–Crippen LogP) is 4.15. The van der Waals surface area contributed by atoms with E-state index in [0.29, 0.717) is 19.0 Å². The summed E-state index contributed by atoms with van der Waals surface area (Å²) in [6.45, 7) is 2.53. The molecule has 0 aliphatic rings. The van der Waals surface area contributed by atoms with Crippen LogP contribution in [0.2, 0.25) is 0 Å². The lowest BCUT2D eigenvalue weighted by molar-refractivity contribution is 0.295. The van der Waals surface area contributed by atoms with E-state index >= 15 is 0 Å². The minimum Gasteiger partial charge on any atom is -0.491 e. The van der Waals surface area contributed by atoms with Crippen molar-refractivity contribution in [2.24, 2.45) is 0 Å². The van der Waals surface area contributed by atoms with E-state index in [9.17, 15) is 4.39 Å². The Bertz CT molecular complexity index is 587. The molecule has 20 heavy (non-hydrogen) atoms. The van der Waals surface area contributed by atoms with E-state index in [1.54, 1.807) is 6.92 Å². The molecule has 0 atom stereocenters. The molecule has 106 valence electrons. The molecule has 2 rings (SSSR count). The topological polar surface area (TPSA) is 44.5 Å². The van der Waals surface area contributed by atoms with Crippen LogP contribution in [-0.2, 0) is 6.61 Å². The molecule has 0 aliphatic carbocycles. The van der Waals surface area contributed by atoms with E-state index in [-0.39, 0.29) is 11.4 Å². The molecule has 0 aliphatic heterocycles. The first kappa shape index (κ1) is 14.7. The Kier molecular flexibility index (Phi) is 4.84. The van der Waals surface area contributed by atoms with Gasteiger partial charge in [-0.05, 0) is 24.6 Å². The van der Waals surface area contributed by atoms with Crippen molar-refractivity contribution in [1.29, 1.82) is 0 Å². The first-order valence-electron chi connectivity index (χ1n) is 6.19. The molecule has 0 amide bonds. The molecule has 0 radical (unpaired) electrons. The Balaban J connectivity index is 2.12. The number of nitrogens with two attached hydrogens (primary N) is 1. The molecular formula is C15H15BrFNO2. The first-order valence-corrected chi connectivity index (χ1v) is 6.98. The van der Waals surface area contributed by atoms with Crippen LogP contribution in [0, 0.1) is 5.82 Å². The molecule has 0 spiro atoms. The number of benzene rings is 2. The fourth-order valence-electron chi connectivity index (χ4n) is 1.68. The summed E-state index contributed by atoms with van der Waals surface area (Å²) in [6.07, 6.45) is 0. The van der Waals surface area contributed by atoms with Crippen molar-refractivity contribution in [3.8, 4) is 11.5 Å². The van der Waals surface area contributed by atoms with Crippen molar-refractivity contribution in [2.75, 3.05) is 12.3 Å². The van der Waals surface area contributed by atoms with Gasteiger partial charge in [-0.25, -0.2) is 4.39 Å². The van der Waals surface area contributed by atoms with Gasteiger partial charge in [0.25, 0.3) is 0 Å². The zero-order valence-corrected chi connectivity index (χ0v) is 12.6. The smallest absolute Gasteiger partial charge is 0.167 e. The second-order valence-corrected chi connectivity index (χ2v) is 5.08. The molecule has 0 aromatic heterocycles. The van der Waals surface area contributed by atoms with Gasteiger partial charge in [-0.3, -0.25) is 0 Å². The van der Waals surface area contributed by atoms with Crippen LogP contribution in [-0.4, -0.2) is 6.61 Å². The molecule has 0 saturated heterocycles. The van der Waals surface area contributed by atoms with Crippen molar-refractivity contribution in [2.45, 2.75) is 13.5 Å². The normalized spacial score (nSPS) is 10.3. The highest BCUT2D eigenvalue weighted by molar-refractivity contribution is 9.10. The summed E-state index contributed by atoms with van der Waals surface area (Å²) in [5, 5.41) is 0. The lowest BCUT2D eigenvalue weighted by Gasteiger charge is -2.12. The largest absolute Gasteiger partial charge is 0.491 e. The maximum atomic E-state index is 13.6. The molecule has 2 aromatic rings. The SMILES string of the molecule is CCOc1cc(OCc2ccc(Br)cc2)c(N)cc1F. The highest BCUT2D eigenvalue weighted by Crippen LogP contribution is 2.30. The van der Waals surface area contributed by atoms with Crippen LogP contribution in [0.4, 0.5) is 10.1 Å². The molecule has 0 bridgehead atoms. The molecule has 0 fully saturated rings. The summed E-state index contributed by atoms with van der Waals surface area (Å²) in [5.41, 5.74) is 6.99. The molecule has 2 aromatic carbocycles. The van der Waals surface area contributed by atoms with Gasteiger partial charge >= 0.3 is 0 Å². The monoisotopic (exact) mass is 339 g/mol. The summed E-state index contributed by atoms with van der Waals surface area (Å²) < 4.78 is 25.4. The summed E-state index contributed by atoms with van der Waals surface area (Å²) in [5.74, 6) is 0.0746. The van der Waals surface area contributed by atoms with Crippen LogP contribution < -0.4 is 15.2 Å². The Morgan fingerprint density at radius 2 is 1.80 bits per heavy atom. The molecular weight excluding hydrogens is 325 g/mol. The Morgan fingerprint density at radius 1 is 1.10 bits per heavy atom. The molecule has 2 N–H and O–H groups in total. The van der Waals surface area contributed by atoms with E-state index in [4.69, 9.17) is 15.2 Å². The molecule has 0 heterocycles. The van der Waals surface area contributed by atoms with Gasteiger partial charge in [-0.15, -0.1) is 0 Å². The second kappa shape index (κ2) is 6.61. The van der Waals surface area contributed by atoms with Gasteiger partial charge in [0.1, 0.15) is 12.4 Å². The summed E-state index contributed by atoms with van der Waals surface area (Å²) in [7, 11) is 0. The maximum Gasteiger partial charge on any atom is 0.167 e. The Hall–Kier alpha value is -1.75. The lowest BCUT2D eigenvalue weighted by atomic mass is 10.2. The quantitative estimate of drug-likeness (QED) is 0.832. The van der Waals surface area contributed by atoms with Crippen molar-refractivity contribution < 1.29 is 13.9 Å². The van der Waals surface area contributed by atoms with Gasteiger partial charge in [0.15, 0.2) is 11.6 Å². The third kappa shape index (κ3) is 3.63. The predicted molar refractivity (Wildman–Crippen MR) is 80.5 cm³/mol. The summed E-state index contributed by atoms with van der Waals surface area (Å²) in [4.78, 5) is 0. The van der Waals surface area contributed by atoms with E-state index in [0.717, 1.165) is 10.0 Å². The maximum absolute atomic E-state index is 13.6. The number of hydrogen-bond donors (Lipinski definition) is 1. The van der Waals surface area contributed by atoms with Gasteiger partial charge < -0.3 is 15.2 Å². The second-order valence-electron chi connectivity index (χ2n) is 4.17. The Labute approximate surface area is 125 Å². The van der Waals surface area contributed by atoms with E-state index < -0.39 is 5.82 Å². The third-order valence-corrected chi connectivity index (χ3v) is 3.20. The van der Waals surface area contributed by atoms with Crippen LogP contribution in [0.3, 0.4) is 0 Å². The van der Waals surface area contributed by atoms with Gasteiger partial charge in [0, 0.05) is 16.6 Å². The van der Waals surface area contributed by atoms with E-state index in [2.05, 4.69) is 15.9 Å². The number of halogens is 2. The number of nitrogen functional groups attached to an aromatic ring is 1. The average molecular weight is 340 g/mol. The summed E-state index contributed by atoms with van der Waals surface area (Å²) >= 11 is 3.37. The molecule has 0 unspecified atom stereocenters. The van der Waals surface area contributed by atoms with Gasteiger partial charge in [0.05, 0.1) is 12.3 Å². The number of hydrogen-bond acceptors (Lipinski definition) is 3. The van der Waals surface area contributed by atoms with Crippen molar-refractivity contribution >= 4 is 21.6 Å². The van der Waals surface area contributed by atoms with E-state index in [1.165, 1.54) is 12.1 Å². The van der Waals surface area contributed by atoms with Crippen LogP contribution in [0.1, 0.15) is 12.5 Å². The van der Waals surface area contributed by atoms with Crippen molar-refractivity contribution in [1.82, 2.24) is 0 Å². The molecule has 3 nitrogen and oxygen atoms in total. The minimum atomic E-state index is -0.486. The van der Waals surface area contributed by atoms with Gasteiger partial charge in [-0.2, -0.15) is 0 Å². The Morgan fingerprint density at radius 3 is 2.45 bits per heavy atom. The first-order chi connectivity index (χ1) is 9.60. The molecule has 5 heteroatoms. The van der Waals surface area contributed by atoms with Gasteiger partial charge in [-0.1, -0.05) is 28.1 Å². The lowest BCUT2D eigenvalue weighted by Crippen LogP contribution is -2.02. The zero-order chi connectivity index (χ0) is 14.5. The van der Waals surface area contributed by atoms with Crippen molar-refractivity contribution in [3.63, 3.8) is 0 Å². The number of anilines is 1. The minimum absolute atomic E-state index is 0.146. The average Bonchev–Trinajstić information content (AvgIpc) is 2.42. The molecule has 0 saturated carbocycles. The van der Waals surface area contributed by atoms with Crippen LogP contribution in [0.15, 0.2) is 40.9 Å². The third-order valence-electron chi connectivity index (χ3n) is 2.67. The van der Waals surface area contributed by atoms with Gasteiger partial charge in [0.2, 0.25) is 0 Å². The highest BCUT2D eigenvalue weighted by Gasteiger charge is 2.10. The summed E-state index contributed by atoms with van der Waals surface area (Å²) in [6, 6.07) is 10.4. The fraction of sp³-hybridized carbons (Fsp3) is 0.200. The van der Waals surface area contributed by atoms with Crippen LogP contribution in [0.5, 0.6) is 11.5 Å².